The molecule has 0 aliphatic heterocycles. The smallest absolute Gasteiger partial charge is 0.308 e. The van der Waals surface area contributed by atoms with Crippen LogP contribution < -0.4 is 0 Å². The van der Waals surface area contributed by atoms with E-state index < -0.39 is 12.1 Å². The fourth-order valence-electron chi connectivity index (χ4n) is 1.27. The molecule has 1 rings (SSSR count). The second kappa shape index (κ2) is 6.80. The molecule has 86 valence electrons. The molecular formula is C13H16O3. The van der Waals surface area contributed by atoms with E-state index >= 15 is 0 Å². The topological polar surface area (TPSA) is 46.5 Å². The lowest BCUT2D eigenvalue weighted by Crippen LogP contribution is -2.14. The minimum atomic E-state index is -0.694. The number of hydrogen-bond acceptors (Lipinski definition) is 3. The van der Waals surface area contributed by atoms with Gasteiger partial charge in [-0.15, -0.1) is 6.58 Å². The first kappa shape index (κ1) is 12.5. The summed E-state index contributed by atoms with van der Waals surface area (Å²) in [4.78, 5) is 11.3. The van der Waals surface area contributed by atoms with E-state index in [4.69, 9.17) is 4.74 Å². The lowest BCUT2D eigenvalue weighted by atomic mass is 10.2. The molecule has 1 N–H and O–H groups in total. The van der Waals surface area contributed by atoms with Gasteiger partial charge in [0.05, 0.1) is 12.5 Å². The van der Waals surface area contributed by atoms with Crippen molar-refractivity contribution in [3.8, 4) is 0 Å². The van der Waals surface area contributed by atoms with E-state index in [1.54, 1.807) is 6.08 Å². The fourth-order valence-corrected chi connectivity index (χ4v) is 1.27. The van der Waals surface area contributed by atoms with Crippen LogP contribution in [0.5, 0.6) is 0 Å². The van der Waals surface area contributed by atoms with Crippen LogP contribution in [0.1, 0.15) is 18.4 Å². The summed E-state index contributed by atoms with van der Waals surface area (Å²) in [7, 11) is 0. The Bertz CT molecular complexity index is 332. The maximum atomic E-state index is 11.3. The van der Waals surface area contributed by atoms with Crippen molar-refractivity contribution in [1.29, 1.82) is 0 Å². The number of carbonyl (C=O) groups is 1. The molecule has 0 spiro atoms. The highest BCUT2D eigenvalue weighted by atomic mass is 16.5. The van der Waals surface area contributed by atoms with Crippen LogP contribution in [0.3, 0.4) is 0 Å². The number of esters is 1. The normalized spacial score (nSPS) is 11.8. The Balaban J connectivity index is 2.28. The predicted octanol–water partition coefficient (Wildman–Crippen LogP) is 2.06. The first-order chi connectivity index (χ1) is 7.72. The van der Waals surface area contributed by atoms with Crippen LogP contribution in [0.15, 0.2) is 43.0 Å². The van der Waals surface area contributed by atoms with Gasteiger partial charge >= 0.3 is 5.97 Å². The van der Waals surface area contributed by atoms with E-state index in [2.05, 4.69) is 6.58 Å². The number of carbonyl (C=O) groups excluding carboxylic acids is 1. The first-order valence-corrected chi connectivity index (χ1v) is 5.21. The standard InChI is InChI=1S/C13H16O3/c1-2-6-12(14)9-13(15)16-10-11-7-4-3-5-8-11/h2-5,7-8,12,14H,1,6,9-10H2/t12-/m1/s1. The number of rotatable bonds is 6. The summed E-state index contributed by atoms with van der Waals surface area (Å²) in [5, 5.41) is 9.34. The molecule has 16 heavy (non-hydrogen) atoms. The third-order valence-corrected chi connectivity index (χ3v) is 2.08. The second-order valence-corrected chi connectivity index (χ2v) is 3.53. The van der Waals surface area contributed by atoms with Gasteiger partial charge in [-0.25, -0.2) is 0 Å². The van der Waals surface area contributed by atoms with E-state index in [0.717, 1.165) is 5.56 Å². The van der Waals surface area contributed by atoms with Crippen molar-refractivity contribution in [2.75, 3.05) is 0 Å². The SMILES string of the molecule is C=CC[C@@H](O)CC(=O)OCc1ccccc1. The summed E-state index contributed by atoms with van der Waals surface area (Å²) < 4.78 is 5.01. The Hall–Kier alpha value is -1.61. The Morgan fingerprint density at radius 3 is 2.75 bits per heavy atom. The number of benzene rings is 1. The predicted molar refractivity (Wildman–Crippen MR) is 61.7 cm³/mol. The van der Waals surface area contributed by atoms with Gasteiger partial charge in [-0.1, -0.05) is 36.4 Å². The van der Waals surface area contributed by atoms with Gasteiger partial charge in [0.25, 0.3) is 0 Å². The molecule has 0 amide bonds. The van der Waals surface area contributed by atoms with Gasteiger partial charge in [0, 0.05) is 0 Å². The van der Waals surface area contributed by atoms with Crippen LogP contribution in [0.25, 0.3) is 0 Å². The highest BCUT2D eigenvalue weighted by Crippen LogP contribution is 2.04. The molecule has 1 aromatic carbocycles. The largest absolute Gasteiger partial charge is 0.461 e. The van der Waals surface area contributed by atoms with Crippen LogP contribution in [0.4, 0.5) is 0 Å². The summed E-state index contributed by atoms with van der Waals surface area (Å²) >= 11 is 0. The maximum Gasteiger partial charge on any atom is 0.308 e. The zero-order chi connectivity index (χ0) is 11.8. The minimum Gasteiger partial charge on any atom is -0.461 e. The highest BCUT2D eigenvalue weighted by Gasteiger charge is 2.10. The Labute approximate surface area is 95.4 Å². The molecule has 0 fully saturated rings. The molecule has 0 aliphatic carbocycles. The zero-order valence-electron chi connectivity index (χ0n) is 9.13. The van der Waals surface area contributed by atoms with Gasteiger partial charge in [-0.05, 0) is 12.0 Å². The van der Waals surface area contributed by atoms with Gasteiger partial charge < -0.3 is 9.84 Å². The van der Waals surface area contributed by atoms with Crippen LogP contribution in [-0.2, 0) is 16.1 Å². The van der Waals surface area contributed by atoms with Gasteiger partial charge in [0.2, 0.25) is 0 Å². The fraction of sp³-hybridized carbons (Fsp3) is 0.308. The van der Waals surface area contributed by atoms with E-state index in [9.17, 15) is 9.90 Å². The van der Waals surface area contributed by atoms with Crippen molar-refractivity contribution in [3.63, 3.8) is 0 Å². The Morgan fingerprint density at radius 1 is 1.44 bits per heavy atom. The molecule has 1 aromatic rings. The molecule has 0 aromatic heterocycles. The molecule has 0 unspecified atom stereocenters. The molecule has 3 heteroatoms. The van der Waals surface area contributed by atoms with E-state index in [1.807, 2.05) is 30.3 Å². The van der Waals surface area contributed by atoms with Crippen LogP contribution in [-0.4, -0.2) is 17.2 Å². The number of aliphatic hydroxyl groups excluding tert-OH is 1. The minimum absolute atomic E-state index is 0.0128. The molecule has 0 bridgehead atoms. The lowest BCUT2D eigenvalue weighted by molar-refractivity contribution is -0.147. The van der Waals surface area contributed by atoms with Crippen LogP contribution in [0.2, 0.25) is 0 Å². The summed E-state index contributed by atoms with van der Waals surface area (Å²) in [6.45, 7) is 3.74. The number of hydrogen-bond donors (Lipinski definition) is 1. The third-order valence-electron chi connectivity index (χ3n) is 2.08. The molecule has 0 radical (unpaired) electrons. The molecule has 0 heterocycles. The van der Waals surface area contributed by atoms with Gasteiger partial charge in [0.15, 0.2) is 0 Å². The molecule has 0 saturated heterocycles. The average Bonchev–Trinajstić information content (AvgIpc) is 2.28. The number of ether oxygens (including phenoxy) is 1. The summed E-state index contributed by atoms with van der Waals surface area (Å²) in [6, 6.07) is 9.44. The van der Waals surface area contributed by atoms with Crippen molar-refractivity contribution >= 4 is 5.97 Å². The van der Waals surface area contributed by atoms with Crippen molar-refractivity contribution in [2.45, 2.75) is 25.6 Å². The summed E-state index contributed by atoms with van der Waals surface area (Å²) in [5.41, 5.74) is 0.939. The van der Waals surface area contributed by atoms with Crippen LogP contribution in [0, 0.1) is 0 Å². The van der Waals surface area contributed by atoms with Gasteiger partial charge in [-0.3, -0.25) is 4.79 Å². The van der Waals surface area contributed by atoms with E-state index in [-0.39, 0.29) is 13.0 Å². The third kappa shape index (κ3) is 4.75. The maximum absolute atomic E-state index is 11.3. The molecule has 1 atom stereocenters. The Kier molecular flexibility index (Phi) is 5.29. The van der Waals surface area contributed by atoms with Crippen LogP contribution >= 0.6 is 0 Å². The molecule has 3 nitrogen and oxygen atoms in total. The summed E-state index contributed by atoms with van der Waals surface area (Å²) in [6.07, 6.45) is 1.30. The quantitative estimate of drug-likeness (QED) is 0.589. The second-order valence-electron chi connectivity index (χ2n) is 3.53. The number of aliphatic hydroxyl groups is 1. The zero-order valence-corrected chi connectivity index (χ0v) is 9.13. The van der Waals surface area contributed by atoms with Crippen molar-refractivity contribution in [3.05, 3.63) is 48.6 Å². The van der Waals surface area contributed by atoms with Crippen molar-refractivity contribution in [1.82, 2.24) is 0 Å². The van der Waals surface area contributed by atoms with Crippen molar-refractivity contribution < 1.29 is 14.6 Å². The summed E-state index contributed by atoms with van der Waals surface area (Å²) in [5.74, 6) is -0.391. The molecular weight excluding hydrogens is 204 g/mol. The highest BCUT2D eigenvalue weighted by molar-refractivity contribution is 5.69. The monoisotopic (exact) mass is 220 g/mol. The first-order valence-electron chi connectivity index (χ1n) is 5.21. The molecule has 0 saturated carbocycles. The van der Waals surface area contributed by atoms with Gasteiger partial charge in [0.1, 0.15) is 6.61 Å². The van der Waals surface area contributed by atoms with E-state index in [1.165, 1.54) is 0 Å². The van der Waals surface area contributed by atoms with E-state index in [0.29, 0.717) is 6.42 Å². The lowest BCUT2D eigenvalue weighted by Gasteiger charge is -2.08. The Morgan fingerprint density at radius 2 is 2.12 bits per heavy atom. The molecule has 0 aliphatic rings. The van der Waals surface area contributed by atoms with Crippen molar-refractivity contribution in [2.24, 2.45) is 0 Å². The van der Waals surface area contributed by atoms with Gasteiger partial charge in [-0.2, -0.15) is 0 Å². The average molecular weight is 220 g/mol.